The van der Waals surface area contributed by atoms with E-state index in [-0.39, 0.29) is 24.4 Å². The maximum atomic E-state index is 10.4. The molecule has 1 aromatic rings. The third-order valence-corrected chi connectivity index (χ3v) is 5.30. The van der Waals surface area contributed by atoms with Gasteiger partial charge < -0.3 is 19.7 Å². The Kier molecular flexibility index (Phi) is 4.60. The summed E-state index contributed by atoms with van der Waals surface area (Å²) in [5, 5.41) is 20.6. The predicted octanol–water partition coefficient (Wildman–Crippen LogP) is 0.763. The predicted molar refractivity (Wildman–Crippen MR) is 85.9 cm³/mol. The van der Waals surface area contributed by atoms with Gasteiger partial charge in [0, 0.05) is 0 Å². The molecule has 6 heteroatoms. The Morgan fingerprint density at radius 3 is 2.54 bits per heavy atom. The van der Waals surface area contributed by atoms with Gasteiger partial charge in [-0.05, 0) is 31.2 Å². The second kappa shape index (κ2) is 6.71. The minimum Gasteiger partial charge on any atom is -0.388 e. The molecular formula is C18H25NO5. The highest BCUT2D eigenvalue weighted by Crippen LogP contribution is 2.42. The van der Waals surface area contributed by atoms with Crippen LogP contribution in [0.25, 0.3) is 0 Å². The summed E-state index contributed by atoms with van der Waals surface area (Å²) in [4.78, 5) is 5.51. The zero-order valence-corrected chi connectivity index (χ0v) is 13.7. The molecule has 1 aliphatic carbocycles. The summed E-state index contributed by atoms with van der Waals surface area (Å²) in [6.07, 6.45) is -1.08. The van der Waals surface area contributed by atoms with Crippen molar-refractivity contribution in [3.63, 3.8) is 0 Å². The molecule has 0 radical (unpaired) electrons. The lowest BCUT2D eigenvalue weighted by Gasteiger charge is -2.40. The van der Waals surface area contributed by atoms with Crippen molar-refractivity contribution < 1.29 is 24.5 Å². The molecule has 0 spiro atoms. The summed E-state index contributed by atoms with van der Waals surface area (Å²) in [7, 11) is 0. The number of hydroxylamine groups is 1. The SMILES string of the molecule is C[C@@H](OCc1ccccc1)[C@H]1NOC2C(O)[C@@H](O)C(C3CC3)O[C@@H]21. The van der Waals surface area contributed by atoms with Crippen LogP contribution in [0.4, 0.5) is 0 Å². The summed E-state index contributed by atoms with van der Waals surface area (Å²) in [6, 6.07) is 9.81. The van der Waals surface area contributed by atoms with Gasteiger partial charge in [0.15, 0.2) is 0 Å². The molecule has 4 rings (SSSR count). The fraction of sp³-hybridized carbons (Fsp3) is 0.667. The molecule has 0 amide bonds. The van der Waals surface area contributed by atoms with E-state index >= 15 is 0 Å². The largest absolute Gasteiger partial charge is 0.388 e. The summed E-state index contributed by atoms with van der Waals surface area (Å²) >= 11 is 0. The van der Waals surface area contributed by atoms with Crippen molar-refractivity contribution in [2.75, 3.05) is 0 Å². The minimum absolute atomic E-state index is 0.150. The van der Waals surface area contributed by atoms with E-state index in [1.54, 1.807) is 0 Å². The van der Waals surface area contributed by atoms with Crippen molar-refractivity contribution >= 4 is 0 Å². The van der Waals surface area contributed by atoms with Crippen molar-refractivity contribution in [2.24, 2.45) is 5.92 Å². The lowest BCUT2D eigenvalue weighted by molar-refractivity contribution is -0.219. The molecule has 0 bridgehead atoms. The number of nitrogens with one attached hydrogen (secondary N) is 1. The normalized spacial score (nSPS) is 40.3. The van der Waals surface area contributed by atoms with Crippen molar-refractivity contribution in [1.29, 1.82) is 0 Å². The average molecular weight is 335 g/mol. The lowest BCUT2D eigenvalue weighted by atomic mass is 9.89. The fourth-order valence-corrected chi connectivity index (χ4v) is 3.66. The first-order chi connectivity index (χ1) is 11.6. The van der Waals surface area contributed by atoms with Gasteiger partial charge in [0.2, 0.25) is 0 Å². The topological polar surface area (TPSA) is 80.2 Å². The first-order valence-electron chi connectivity index (χ1n) is 8.73. The zero-order valence-electron chi connectivity index (χ0n) is 13.7. The van der Waals surface area contributed by atoms with Gasteiger partial charge in [0.25, 0.3) is 0 Å². The highest BCUT2D eigenvalue weighted by atomic mass is 16.7. The summed E-state index contributed by atoms with van der Waals surface area (Å²) in [6.45, 7) is 2.48. The number of hydrogen-bond acceptors (Lipinski definition) is 6. The molecule has 24 heavy (non-hydrogen) atoms. The first kappa shape index (κ1) is 16.4. The van der Waals surface area contributed by atoms with Crippen molar-refractivity contribution in [3.05, 3.63) is 35.9 Å². The monoisotopic (exact) mass is 335 g/mol. The lowest BCUT2D eigenvalue weighted by Crippen LogP contribution is -2.59. The fourth-order valence-electron chi connectivity index (χ4n) is 3.66. The number of ether oxygens (including phenoxy) is 2. The number of rotatable bonds is 5. The van der Waals surface area contributed by atoms with Crippen LogP contribution in [0.5, 0.6) is 0 Å². The van der Waals surface area contributed by atoms with Crippen LogP contribution < -0.4 is 5.48 Å². The molecule has 3 N–H and O–H groups in total. The van der Waals surface area contributed by atoms with Crippen LogP contribution in [-0.2, 0) is 20.9 Å². The average Bonchev–Trinajstić information content (AvgIpc) is 3.36. The van der Waals surface area contributed by atoms with E-state index in [2.05, 4.69) is 5.48 Å². The van der Waals surface area contributed by atoms with E-state index < -0.39 is 18.3 Å². The van der Waals surface area contributed by atoms with E-state index in [0.29, 0.717) is 12.5 Å². The van der Waals surface area contributed by atoms with E-state index in [0.717, 1.165) is 18.4 Å². The van der Waals surface area contributed by atoms with Crippen molar-refractivity contribution in [3.8, 4) is 0 Å². The highest BCUT2D eigenvalue weighted by molar-refractivity contribution is 5.13. The van der Waals surface area contributed by atoms with Crippen LogP contribution in [-0.4, -0.2) is 52.9 Å². The van der Waals surface area contributed by atoms with Crippen LogP contribution in [0.15, 0.2) is 30.3 Å². The number of fused-ring (bicyclic) bond motifs is 1. The van der Waals surface area contributed by atoms with Crippen LogP contribution >= 0.6 is 0 Å². The van der Waals surface area contributed by atoms with Crippen molar-refractivity contribution in [1.82, 2.24) is 5.48 Å². The molecule has 3 aliphatic rings. The van der Waals surface area contributed by atoms with Crippen LogP contribution in [0, 0.1) is 5.92 Å². The van der Waals surface area contributed by atoms with Gasteiger partial charge in [0.1, 0.15) is 24.4 Å². The number of aliphatic hydroxyl groups excluding tert-OH is 2. The van der Waals surface area contributed by atoms with E-state index in [1.807, 2.05) is 37.3 Å². The van der Waals surface area contributed by atoms with E-state index in [1.165, 1.54) is 0 Å². The summed E-state index contributed by atoms with van der Waals surface area (Å²) in [5.74, 6) is 0.345. The maximum Gasteiger partial charge on any atom is 0.135 e. The van der Waals surface area contributed by atoms with Crippen LogP contribution in [0.2, 0.25) is 0 Å². The highest BCUT2D eigenvalue weighted by Gasteiger charge is 2.56. The number of hydrogen-bond donors (Lipinski definition) is 3. The Bertz CT molecular complexity index is 552. The van der Waals surface area contributed by atoms with Gasteiger partial charge in [0.05, 0.1) is 24.9 Å². The molecule has 132 valence electrons. The van der Waals surface area contributed by atoms with Gasteiger partial charge in [-0.1, -0.05) is 30.3 Å². The standard InChI is InChI=1S/C18H25NO5/c1-10(22-9-11-5-3-2-4-6-11)13-17-18(24-19-13)15(21)14(20)16(23-17)12-7-8-12/h2-6,10,12-21H,7-9H2,1H3/t10-,13-,14-,15?,16?,17-,18?/m1/s1. The molecule has 1 aromatic carbocycles. The molecule has 1 saturated carbocycles. The molecule has 3 fully saturated rings. The van der Waals surface area contributed by atoms with Crippen molar-refractivity contribution in [2.45, 2.75) is 69.0 Å². The Morgan fingerprint density at radius 1 is 1.12 bits per heavy atom. The minimum atomic E-state index is -0.937. The second-order valence-corrected chi connectivity index (χ2v) is 7.11. The molecule has 0 aromatic heterocycles. The molecule has 6 nitrogen and oxygen atoms in total. The Morgan fingerprint density at radius 2 is 1.83 bits per heavy atom. The quantitative estimate of drug-likeness (QED) is 0.737. The van der Waals surface area contributed by atoms with Crippen LogP contribution in [0.3, 0.4) is 0 Å². The van der Waals surface area contributed by atoms with Gasteiger partial charge in [-0.3, -0.25) is 4.84 Å². The van der Waals surface area contributed by atoms with E-state index in [4.69, 9.17) is 14.3 Å². The number of aliphatic hydroxyl groups is 2. The molecule has 3 unspecified atom stereocenters. The molecule has 2 heterocycles. The third-order valence-electron chi connectivity index (χ3n) is 5.30. The second-order valence-electron chi connectivity index (χ2n) is 7.11. The van der Waals surface area contributed by atoms with E-state index in [9.17, 15) is 10.2 Å². The molecule has 7 atom stereocenters. The maximum absolute atomic E-state index is 10.4. The Balaban J connectivity index is 1.40. The van der Waals surface area contributed by atoms with Crippen LogP contribution in [0.1, 0.15) is 25.3 Å². The van der Waals surface area contributed by atoms with Gasteiger partial charge >= 0.3 is 0 Å². The zero-order chi connectivity index (χ0) is 16.7. The van der Waals surface area contributed by atoms with Gasteiger partial charge in [-0.15, -0.1) is 0 Å². The van der Waals surface area contributed by atoms with Gasteiger partial charge in [-0.2, -0.15) is 5.48 Å². The smallest absolute Gasteiger partial charge is 0.135 e. The first-order valence-corrected chi connectivity index (χ1v) is 8.73. The molecule has 2 saturated heterocycles. The Hall–Kier alpha value is -1.02. The number of benzene rings is 1. The summed E-state index contributed by atoms with van der Waals surface area (Å²) in [5.41, 5.74) is 4.05. The third kappa shape index (κ3) is 3.10. The molecule has 2 aliphatic heterocycles. The Labute approximate surface area is 141 Å². The van der Waals surface area contributed by atoms with Gasteiger partial charge in [-0.25, -0.2) is 0 Å². The molecular weight excluding hydrogens is 310 g/mol. The summed E-state index contributed by atoms with van der Waals surface area (Å²) < 4.78 is 12.1.